The molecule has 0 atom stereocenters. The van der Waals surface area contributed by atoms with Crippen molar-refractivity contribution in [2.45, 2.75) is 0 Å². The number of rotatable bonds is 5. The van der Waals surface area contributed by atoms with Crippen molar-refractivity contribution in [3.8, 4) is 56.4 Å². The Hall–Kier alpha value is -6.39. The van der Waals surface area contributed by atoms with Crippen molar-refractivity contribution < 1.29 is 4.42 Å². The zero-order chi connectivity index (χ0) is 31.2. The minimum Gasteiger partial charge on any atom is -0.455 e. The molecule has 9 rings (SSSR count). The molecule has 2 heterocycles. The van der Waals surface area contributed by atoms with Gasteiger partial charge in [-0.05, 0) is 51.7 Å². The van der Waals surface area contributed by atoms with Crippen molar-refractivity contribution in [1.82, 2.24) is 15.0 Å². The third kappa shape index (κ3) is 4.84. The number of aromatic nitrogens is 3. The molecule has 0 unspecified atom stereocenters. The van der Waals surface area contributed by atoms with Gasteiger partial charge in [-0.3, -0.25) is 0 Å². The second kappa shape index (κ2) is 11.2. The SMILES string of the molecule is c1ccc(-c2ccc(-c3ccc(-c4nc(-c5ccccc5)nc(-c5ccccc5)n4)c4c3oc3cc5ccccc5cc34)cc2)cc1. The maximum absolute atomic E-state index is 6.78. The van der Waals surface area contributed by atoms with Crippen LogP contribution >= 0.6 is 0 Å². The van der Waals surface area contributed by atoms with Gasteiger partial charge >= 0.3 is 0 Å². The average Bonchev–Trinajstić information content (AvgIpc) is 3.53. The Morgan fingerprint density at radius 3 is 1.45 bits per heavy atom. The Kier molecular flexibility index (Phi) is 6.43. The quantitative estimate of drug-likeness (QED) is 0.197. The van der Waals surface area contributed by atoms with Crippen molar-refractivity contribution in [2.24, 2.45) is 0 Å². The summed E-state index contributed by atoms with van der Waals surface area (Å²) in [5.41, 5.74) is 8.86. The molecule has 7 aromatic carbocycles. The topological polar surface area (TPSA) is 51.8 Å². The molecular weight excluding hydrogens is 574 g/mol. The summed E-state index contributed by atoms with van der Waals surface area (Å²) >= 11 is 0. The van der Waals surface area contributed by atoms with Gasteiger partial charge in [0.15, 0.2) is 17.5 Å². The first-order valence-electron chi connectivity index (χ1n) is 15.7. The summed E-state index contributed by atoms with van der Waals surface area (Å²) < 4.78 is 6.78. The molecule has 0 N–H and O–H groups in total. The number of fused-ring (bicyclic) bond motifs is 4. The van der Waals surface area contributed by atoms with Gasteiger partial charge in [0, 0.05) is 33.0 Å². The summed E-state index contributed by atoms with van der Waals surface area (Å²) in [6.45, 7) is 0. The molecule has 0 aliphatic carbocycles. The van der Waals surface area contributed by atoms with Gasteiger partial charge in [-0.1, -0.05) is 140 Å². The van der Waals surface area contributed by atoms with Gasteiger partial charge < -0.3 is 4.42 Å². The van der Waals surface area contributed by atoms with E-state index in [1.165, 1.54) is 11.1 Å². The lowest BCUT2D eigenvalue weighted by Crippen LogP contribution is -2.00. The summed E-state index contributed by atoms with van der Waals surface area (Å²) in [6, 6.07) is 56.3. The van der Waals surface area contributed by atoms with Crippen LogP contribution in [0.4, 0.5) is 0 Å². The Labute approximate surface area is 271 Å². The summed E-state index contributed by atoms with van der Waals surface area (Å²) in [6.07, 6.45) is 0. The fourth-order valence-corrected chi connectivity index (χ4v) is 6.38. The standard InChI is InChI=1S/C43H27N3O/c1-4-12-28(13-5-1)29-20-22-30(23-21-29)35-24-25-36(39-37-26-33-18-10-11-19-34(33)27-38(37)47-40(35)39)43-45-41(31-14-6-2-7-15-31)44-42(46-43)32-16-8-3-9-17-32/h1-27H. The Bertz CT molecular complexity index is 2480. The van der Waals surface area contributed by atoms with Crippen LogP contribution < -0.4 is 0 Å². The highest BCUT2D eigenvalue weighted by molar-refractivity contribution is 6.18. The van der Waals surface area contributed by atoms with E-state index in [1.807, 2.05) is 66.7 Å². The Balaban J connectivity index is 1.30. The van der Waals surface area contributed by atoms with E-state index < -0.39 is 0 Å². The second-order valence-corrected chi connectivity index (χ2v) is 11.6. The van der Waals surface area contributed by atoms with Gasteiger partial charge in [-0.2, -0.15) is 0 Å². The molecule has 0 amide bonds. The van der Waals surface area contributed by atoms with Crippen LogP contribution in [0.2, 0.25) is 0 Å². The van der Waals surface area contributed by atoms with Gasteiger partial charge in [-0.15, -0.1) is 0 Å². The summed E-state index contributed by atoms with van der Waals surface area (Å²) in [4.78, 5) is 15.1. The predicted octanol–water partition coefficient (Wildman–Crippen LogP) is 11.3. The van der Waals surface area contributed by atoms with Crippen LogP contribution in [0.5, 0.6) is 0 Å². The molecular formula is C43H27N3O. The fraction of sp³-hybridized carbons (Fsp3) is 0. The van der Waals surface area contributed by atoms with E-state index in [0.717, 1.165) is 60.5 Å². The van der Waals surface area contributed by atoms with Crippen LogP contribution in [0.3, 0.4) is 0 Å². The summed E-state index contributed by atoms with van der Waals surface area (Å²) in [5.74, 6) is 1.85. The monoisotopic (exact) mass is 601 g/mol. The number of hydrogen-bond acceptors (Lipinski definition) is 4. The maximum Gasteiger partial charge on any atom is 0.164 e. The number of furan rings is 1. The second-order valence-electron chi connectivity index (χ2n) is 11.6. The van der Waals surface area contributed by atoms with Gasteiger partial charge in [0.2, 0.25) is 0 Å². The highest BCUT2D eigenvalue weighted by atomic mass is 16.3. The first-order valence-corrected chi connectivity index (χ1v) is 15.7. The molecule has 0 saturated heterocycles. The molecule has 2 aromatic heterocycles. The molecule has 4 nitrogen and oxygen atoms in total. The molecule has 220 valence electrons. The molecule has 9 aromatic rings. The van der Waals surface area contributed by atoms with Gasteiger partial charge in [0.1, 0.15) is 11.2 Å². The molecule has 0 spiro atoms. The van der Waals surface area contributed by atoms with E-state index in [-0.39, 0.29) is 0 Å². The maximum atomic E-state index is 6.78. The van der Waals surface area contributed by atoms with E-state index in [1.54, 1.807) is 0 Å². The smallest absolute Gasteiger partial charge is 0.164 e. The molecule has 0 aliphatic heterocycles. The van der Waals surface area contributed by atoms with Crippen molar-refractivity contribution in [1.29, 1.82) is 0 Å². The Morgan fingerprint density at radius 2 is 0.830 bits per heavy atom. The molecule has 0 radical (unpaired) electrons. The van der Waals surface area contributed by atoms with Crippen LogP contribution in [0.1, 0.15) is 0 Å². The zero-order valence-corrected chi connectivity index (χ0v) is 25.3. The van der Waals surface area contributed by atoms with E-state index in [9.17, 15) is 0 Å². The van der Waals surface area contributed by atoms with Crippen LogP contribution in [0.25, 0.3) is 89.1 Å². The minimum absolute atomic E-state index is 0.601. The van der Waals surface area contributed by atoms with Gasteiger partial charge in [-0.25, -0.2) is 15.0 Å². The Morgan fingerprint density at radius 1 is 0.362 bits per heavy atom. The molecule has 0 aliphatic rings. The van der Waals surface area contributed by atoms with Crippen LogP contribution in [0, 0.1) is 0 Å². The highest BCUT2D eigenvalue weighted by Crippen LogP contribution is 2.43. The zero-order valence-electron chi connectivity index (χ0n) is 25.3. The summed E-state index contributed by atoms with van der Waals surface area (Å²) in [5, 5.41) is 4.29. The average molecular weight is 602 g/mol. The first-order chi connectivity index (χ1) is 23.3. The fourth-order valence-electron chi connectivity index (χ4n) is 6.38. The molecule has 4 heteroatoms. The third-order valence-corrected chi connectivity index (χ3v) is 8.73. The largest absolute Gasteiger partial charge is 0.455 e. The first kappa shape index (κ1) is 27.0. The number of nitrogens with zero attached hydrogens (tertiary/aromatic N) is 3. The summed E-state index contributed by atoms with van der Waals surface area (Å²) in [7, 11) is 0. The van der Waals surface area contributed by atoms with Crippen LogP contribution in [0.15, 0.2) is 168 Å². The van der Waals surface area contributed by atoms with Gasteiger partial charge in [0.05, 0.1) is 0 Å². The van der Waals surface area contributed by atoms with E-state index in [4.69, 9.17) is 19.4 Å². The minimum atomic E-state index is 0.601. The predicted molar refractivity (Wildman–Crippen MR) is 192 cm³/mol. The van der Waals surface area contributed by atoms with Crippen molar-refractivity contribution in [3.63, 3.8) is 0 Å². The van der Waals surface area contributed by atoms with E-state index >= 15 is 0 Å². The lowest BCUT2D eigenvalue weighted by Gasteiger charge is -2.11. The number of hydrogen-bond donors (Lipinski definition) is 0. The molecule has 0 saturated carbocycles. The molecule has 0 fully saturated rings. The van der Waals surface area contributed by atoms with E-state index in [0.29, 0.717) is 17.5 Å². The van der Waals surface area contributed by atoms with Crippen LogP contribution in [-0.2, 0) is 0 Å². The molecule has 47 heavy (non-hydrogen) atoms. The van der Waals surface area contributed by atoms with Crippen molar-refractivity contribution in [3.05, 3.63) is 164 Å². The highest BCUT2D eigenvalue weighted by Gasteiger charge is 2.21. The lowest BCUT2D eigenvalue weighted by molar-refractivity contribution is 0.670. The van der Waals surface area contributed by atoms with Crippen LogP contribution in [-0.4, -0.2) is 15.0 Å². The van der Waals surface area contributed by atoms with E-state index in [2.05, 4.69) is 97.1 Å². The van der Waals surface area contributed by atoms with Gasteiger partial charge in [0.25, 0.3) is 0 Å². The van der Waals surface area contributed by atoms with Crippen molar-refractivity contribution in [2.75, 3.05) is 0 Å². The number of benzene rings is 7. The van der Waals surface area contributed by atoms with Crippen molar-refractivity contribution >= 4 is 32.7 Å². The molecule has 0 bridgehead atoms. The third-order valence-electron chi connectivity index (χ3n) is 8.73. The lowest BCUT2D eigenvalue weighted by atomic mass is 9.96. The normalized spacial score (nSPS) is 11.4.